The average Bonchev–Trinajstić information content (AvgIpc) is 3.24. The van der Waals surface area contributed by atoms with E-state index in [0.29, 0.717) is 18.7 Å². The van der Waals surface area contributed by atoms with Gasteiger partial charge in [-0.3, -0.25) is 14.4 Å². The summed E-state index contributed by atoms with van der Waals surface area (Å²) >= 11 is 0. The van der Waals surface area contributed by atoms with Gasteiger partial charge in [0.05, 0.1) is 18.3 Å². The van der Waals surface area contributed by atoms with E-state index in [-0.39, 0.29) is 5.91 Å². The molecule has 1 amide bonds. The molecule has 2 aromatic carbocycles. The Labute approximate surface area is 171 Å². The van der Waals surface area contributed by atoms with E-state index in [2.05, 4.69) is 56.6 Å². The van der Waals surface area contributed by atoms with Gasteiger partial charge in [-0.2, -0.15) is 5.10 Å². The fraction of sp³-hybridized carbons (Fsp3) is 0.304. The van der Waals surface area contributed by atoms with Gasteiger partial charge in [-0.15, -0.1) is 0 Å². The first-order chi connectivity index (χ1) is 14.3. The number of hydrogen-bond donors (Lipinski definition) is 1. The minimum Gasteiger partial charge on any atom is -0.369 e. The third-order valence-corrected chi connectivity index (χ3v) is 5.29. The van der Waals surface area contributed by atoms with E-state index >= 15 is 0 Å². The number of aromatic nitrogens is 2. The molecule has 0 atom stereocenters. The summed E-state index contributed by atoms with van der Waals surface area (Å²) in [5.41, 5.74) is 3.06. The van der Waals surface area contributed by atoms with Crippen LogP contribution in [0.15, 0.2) is 73.1 Å². The van der Waals surface area contributed by atoms with Crippen molar-refractivity contribution in [2.24, 2.45) is 0 Å². The predicted octanol–water partition coefficient (Wildman–Crippen LogP) is 2.48. The number of para-hydroxylation sites is 1. The Hall–Kier alpha value is -3.12. The molecule has 29 heavy (non-hydrogen) atoms. The lowest BCUT2D eigenvalue weighted by molar-refractivity contribution is 0.0947. The summed E-state index contributed by atoms with van der Waals surface area (Å²) in [7, 11) is 0. The van der Waals surface area contributed by atoms with Crippen LogP contribution in [0.2, 0.25) is 0 Å². The van der Waals surface area contributed by atoms with Gasteiger partial charge in [0, 0.05) is 51.2 Å². The Bertz CT molecular complexity index is 901. The zero-order valence-electron chi connectivity index (χ0n) is 16.6. The Morgan fingerprint density at radius 2 is 1.62 bits per heavy atom. The fourth-order valence-corrected chi connectivity index (χ4v) is 3.64. The van der Waals surface area contributed by atoms with Gasteiger partial charge in [-0.1, -0.05) is 48.5 Å². The number of benzene rings is 2. The number of rotatable bonds is 7. The monoisotopic (exact) mass is 389 g/mol. The smallest absolute Gasteiger partial charge is 0.254 e. The summed E-state index contributed by atoms with van der Waals surface area (Å²) in [4.78, 5) is 17.2. The van der Waals surface area contributed by atoms with Crippen molar-refractivity contribution < 1.29 is 4.79 Å². The molecule has 1 aliphatic heterocycles. The van der Waals surface area contributed by atoms with E-state index in [0.717, 1.165) is 38.3 Å². The van der Waals surface area contributed by atoms with Crippen LogP contribution < -0.4 is 10.2 Å². The highest BCUT2D eigenvalue weighted by Gasteiger charge is 2.17. The summed E-state index contributed by atoms with van der Waals surface area (Å²) in [6, 6.07) is 20.6. The second kappa shape index (κ2) is 9.39. The normalized spacial score (nSPS) is 14.7. The largest absolute Gasteiger partial charge is 0.369 e. The number of amides is 1. The van der Waals surface area contributed by atoms with Gasteiger partial charge < -0.3 is 10.2 Å². The van der Waals surface area contributed by atoms with Gasteiger partial charge in [0.25, 0.3) is 5.91 Å². The standard InChI is InChI=1S/C23H27N5O/c29-23(21-17-25-28(19-21)18-20-7-3-1-4-8-20)24-11-12-26-13-15-27(16-14-26)22-9-5-2-6-10-22/h1-10,17,19H,11-16,18H2,(H,24,29). The van der Waals surface area contributed by atoms with Crippen LogP contribution in [0.1, 0.15) is 15.9 Å². The first-order valence-corrected chi connectivity index (χ1v) is 10.1. The molecular weight excluding hydrogens is 362 g/mol. The predicted molar refractivity (Wildman–Crippen MR) is 115 cm³/mol. The van der Waals surface area contributed by atoms with Crippen molar-refractivity contribution >= 4 is 11.6 Å². The highest BCUT2D eigenvalue weighted by atomic mass is 16.1. The fourth-order valence-electron chi connectivity index (χ4n) is 3.64. The molecule has 4 rings (SSSR count). The average molecular weight is 390 g/mol. The Morgan fingerprint density at radius 1 is 0.931 bits per heavy atom. The first kappa shape index (κ1) is 19.2. The molecule has 0 aliphatic carbocycles. The van der Waals surface area contributed by atoms with Crippen molar-refractivity contribution in [1.82, 2.24) is 20.0 Å². The van der Waals surface area contributed by atoms with Crippen LogP contribution in [0, 0.1) is 0 Å². The van der Waals surface area contributed by atoms with Gasteiger partial charge in [-0.05, 0) is 17.7 Å². The number of nitrogens with zero attached hydrogens (tertiary/aromatic N) is 4. The Morgan fingerprint density at radius 3 is 2.34 bits per heavy atom. The second-order valence-corrected chi connectivity index (χ2v) is 7.33. The van der Waals surface area contributed by atoms with Crippen LogP contribution in [0.4, 0.5) is 5.69 Å². The molecule has 1 fully saturated rings. The van der Waals surface area contributed by atoms with Gasteiger partial charge >= 0.3 is 0 Å². The second-order valence-electron chi connectivity index (χ2n) is 7.33. The first-order valence-electron chi connectivity index (χ1n) is 10.1. The molecule has 0 saturated carbocycles. The highest BCUT2D eigenvalue weighted by Crippen LogP contribution is 2.15. The number of carbonyl (C=O) groups is 1. The topological polar surface area (TPSA) is 53.4 Å². The minimum absolute atomic E-state index is 0.0627. The summed E-state index contributed by atoms with van der Waals surface area (Å²) in [6.45, 7) is 6.24. The zero-order chi connectivity index (χ0) is 19.9. The van der Waals surface area contributed by atoms with Crippen LogP contribution in [0.25, 0.3) is 0 Å². The summed E-state index contributed by atoms with van der Waals surface area (Å²) < 4.78 is 1.80. The summed E-state index contributed by atoms with van der Waals surface area (Å²) in [6.07, 6.45) is 3.44. The van der Waals surface area contributed by atoms with Crippen molar-refractivity contribution in [3.8, 4) is 0 Å². The molecular formula is C23H27N5O. The Kier molecular flexibility index (Phi) is 6.22. The molecule has 6 heteroatoms. The van der Waals surface area contributed by atoms with Gasteiger partial charge in [0.15, 0.2) is 0 Å². The molecule has 1 aliphatic rings. The SMILES string of the molecule is O=C(NCCN1CCN(c2ccccc2)CC1)c1cnn(Cc2ccccc2)c1. The van der Waals surface area contributed by atoms with Crippen LogP contribution in [0.5, 0.6) is 0 Å². The van der Waals surface area contributed by atoms with Gasteiger partial charge in [0.2, 0.25) is 0 Å². The molecule has 6 nitrogen and oxygen atoms in total. The van der Waals surface area contributed by atoms with Crippen LogP contribution in [-0.4, -0.2) is 59.9 Å². The number of piperazine rings is 1. The quantitative estimate of drug-likeness (QED) is 0.675. The van der Waals surface area contributed by atoms with Gasteiger partial charge in [-0.25, -0.2) is 0 Å². The van der Waals surface area contributed by atoms with Crippen molar-refractivity contribution in [3.63, 3.8) is 0 Å². The Balaban J connectivity index is 1.19. The lowest BCUT2D eigenvalue weighted by Gasteiger charge is -2.36. The maximum atomic E-state index is 12.4. The number of nitrogens with one attached hydrogen (secondary N) is 1. The molecule has 1 saturated heterocycles. The maximum absolute atomic E-state index is 12.4. The molecule has 1 aromatic heterocycles. The zero-order valence-corrected chi connectivity index (χ0v) is 16.6. The van der Waals surface area contributed by atoms with E-state index in [1.165, 1.54) is 5.69 Å². The molecule has 1 N–H and O–H groups in total. The lowest BCUT2D eigenvalue weighted by atomic mass is 10.2. The van der Waals surface area contributed by atoms with E-state index in [1.807, 2.05) is 24.3 Å². The minimum atomic E-state index is -0.0627. The highest BCUT2D eigenvalue weighted by molar-refractivity contribution is 5.93. The third kappa shape index (κ3) is 5.23. The van der Waals surface area contributed by atoms with Crippen molar-refractivity contribution in [1.29, 1.82) is 0 Å². The molecule has 0 bridgehead atoms. The maximum Gasteiger partial charge on any atom is 0.254 e. The van der Waals surface area contributed by atoms with Crippen LogP contribution in [0.3, 0.4) is 0 Å². The number of anilines is 1. The van der Waals surface area contributed by atoms with E-state index in [4.69, 9.17) is 0 Å². The van der Waals surface area contributed by atoms with E-state index < -0.39 is 0 Å². The van der Waals surface area contributed by atoms with Crippen molar-refractivity contribution in [3.05, 3.63) is 84.2 Å². The molecule has 150 valence electrons. The number of hydrogen-bond acceptors (Lipinski definition) is 4. The molecule has 0 radical (unpaired) electrons. The molecule has 0 spiro atoms. The summed E-state index contributed by atoms with van der Waals surface area (Å²) in [5.74, 6) is -0.0627. The van der Waals surface area contributed by atoms with E-state index in [9.17, 15) is 4.79 Å². The van der Waals surface area contributed by atoms with Gasteiger partial charge in [0.1, 0.15) is 0 Å². The lowest BCUT2D eigenvalue weighted by Crippen LogP contribution is -2.48. The molecule has 0 unspecified atom stereocenters. The molecule has 2 heterocycles. The van der Waals surface area contributed by atoms with Crippen LogP contribution in [-0.2, 0) is 6.54 Å². The van der Waals surface area contributed by atoms with Crippen molar-refractivity contribution in [2.45, 2.75) is 6.54 Å². The van der Waals surface area contributed by atoms with Crippen LogP contribution >= 0.6 is 0 Å². The number of carbonyl (C=O) groups excluding carboxylic acids is 1. The van der Waals surface area contributed by atoms with E-state index in [1.54, 1.807) is 17.1 Å². The summed E-state index contributed by atoms with van der Waals surface area (Å²) in [5, 5.41) is 7.33. The third-order valence-electron chi connectivity index (χ3n) is 5.29. The van der Waals surface area contributed by atoms with Crippen molar-refractivity contribution in [2.75, 3.05) is 44.2 Å². The molecule has 3 aromatic rings.